The van der Waals surface area contributed by atoms with E-state index in [9.17, 15) is 4.79 Å². The Kier molecular flexibility index (Phi) is 3.08. The third-order valence-electron chi connectivity index (χ3n) is 1.10. The molecule has 2 aromatic heterocycles. The first-order valence-electron chi connectivity index (χ1n) is 3.76. The van der Waals surface area contributed by atoms with Gasteiger partial charge in [0.2, 0.25) is 0 Å². The molecule has 0 saturated carbocycles. The van der Waals surface area contributed by atoms with Crippen molar-refractivity contribution in [3.05, 3.63) is 18.9 Å². The molecule has 0 radical (unpaired) electrons. The second-order valence-electron chi connectivity index (χ2n) is 2.57. The van der Waals surface area contributed by atoms with Crippen LogP contribution in [0.1, 0.15) is 13.8 Å². The lowest BCUT2D eigenvalue weighted by atomic mass is 10.6. The highest BCUT2D eigenvalue weighted by Gasteiger charge is 1.91. The summed E-state index contributed by atoms with van der Waals surface area (Å²) in [6.07, 6.45) is 4.76. The average molecular weight is 178 g/mol. The molecule has 0 aliphatic heterocycles. The number of nitrogens with one attached hydrogen (secondary N) is 1. The number of hydrogen-bond donors (Lipinski definition) is 1. The number of carbonyl (C=O) groups excluding carboxylic acids is 1. The number of imidazole rings is 1. The van der Waals surface area contributed by atoms with Crippen LogP contribution in [0.25, 0.3) is 11.2 Å². The highest BCUT2D eigenvalue weighted by Crippen LogP contribution is 1.99. The predicted octanol–water partition coefficient (Wildman–Crippen LogP) is 0.948. The Labute approximate surface area is 75.2 Å². The highest BCUT2D eigenvalue weighted by atomic mass is 16.1. The molecule has 0 atom stereocenters. The molecule has 0 saturated heterocycles. The lowest BCUT2D eigenvalue weighted by Crippen LogP contribution is -1.76. The summed E-state index contributed by atoms with van der Waals surface area (Å²) >= 11 is 0. The van der Waals surface area contributed by atoms with Crippen LogP contribution in [0, 0.1) is 0 Å². The summed E-state index contributed by atoms with van der Waals surface area (Å²) in [5.41, 5.74) is 1.59. The lowest BCUT2D eigenvalue weighted by molar-refractivity contribution is -0.114. The van der Waals surface area contributed by atoms with Crippen molar-refractivity contribution in [3.8, 4) is 0 Å². The SMILES string of the molecule is CC(C)=O.c1ncc2[nH]cnc2n1. The van der Waals surface area contributed by atoms with Gasteiger partial charge in [-0.2, -0.15) is 0 Å². The third-order valence-corrected chi connectivity index (χ3v) is 1.10. The number of aromatic nitrogens is 4. The normalized spacial score (nSPS) is 9.08. The molecule has 13 heavy (non-hydrogen) atoms. The van der Waals surface area contributed by atoms with Gasteiger partial charge in [-0.15, -0.1) is 0 Å². The molecule has 5 nitrogen and oxygen atoms in total. The van der Waals surface area contributed by atoms with Crippen molar-refractivity contribution < 1.29 is 4.79 Å². The van der Waals surface area contributed by atoms with E-state index in [1.165, 1.54) is 20.2 Å². The first-order chi connectivity index (χ1) is 6.20. The van der Waals surface area contributed by atoms with Crippen molar-refractivity contribution in [3.63, 3.8) is 0 Å². The molecular weight excluding hydrogens is 168 g/mol. The van der Waals surface area contributed by atoms with Crippen LogP contribution in [0.5, 0.6) is 0 Å². The molecule has 0 aromatic carbocycles. The van der Waals surface area contributed by atoms with E-state index in [0.717, 1.165) is 5.52 Å². The summed E-state index contributed by atoms with van der Waals surface area (Å²) in [6, 6.07) is 0. The number of H-pyrrole nitrogens is 1. The molecule has 0 fully saturated rings. The van der Waals surface area contributed by atoms with Gasteiger partial charge in [0.25, 0.3) is 0 Å². The third kappa shape index (κ3) is 2.98. The largest absolute Gasteiger partial charge is 0.342 e. The second kappa shape index (κ2) is 4.30. The van der Waals surface area contributed by atoms with Crippen LogP contribution in [-0.4, -0.2) is 25.7 Å². The van der Waals surface area contributed by atoms with E-state index in [1.54, 1.807) is 12.5 Å². The molecule has 0 spiro atoms. The van der Waals surface area contributed by atoms with Crippen molar-refractivity contribution in [2.45, 2.75) is 13.8 Å². The molecule has 2 heterocycles. The number of Topliss-reactive ketones (excluding diaryl/α,β-unsaturated/α-hetero) is 1. The summed E-state index contributed by atoms with van der Waals surface area (Å²) in [4.78, 5) is 23.9. The van der Waals surface area contributed by atoms with Crippen LogP contribution < -0.4 is 0 Å². The topological polar surface area (TPSA) is 71.5 Å². The van der Waals surface area contributed by atoms with E-state index >= 15 is 0 Å². The van der Waals surface area contributed by atoms with Crippen LogP contribution in [0.4, 0.5) is 0 Å². The summed E-state index contributed by atoms with van der Waals surface area (Å²) in [6.45, 7) is 3.06. The highest BCUT2D eigenvalue weighted by molar-refractivity contribution is 5.72. The Morgan fingerprint density at radius 1 is 1.38 bits per heavy atom. The smallest absolute Gasteiger partial charge is 0.180 e. The molecule has 0 aliphatic rings. The fraction of sp³-hybridized carbons (Fsp3) is 0.250. The second-order valence-corrected chi connectivity index (χ2v) is 2.57. The number of nitrogens with zero attached hydrogens (tertiary/aromatic N) is 3. The van der Waals surface area contributed by atoms with Crippen molar-refractivity contribution in [1.82, 2.24) is 19.9 Å². The van der Waals surface area contributed by atoms with Gasteiger partial charge in [0.15, 0.2) is 5.65 Å². The van der Waals surface area contributed by atoms with Gasteiger partial charge in [-0.1, -0.05) is 0 Å². The first-order valence-corrected chi connectivity index (χ1v) is 3.76. The predicted molar refractivity (Wildman–Crippen MR) is 48.0 cm³/mol. The van der Waals surface area contributed by atoms with E-state index in [0.29, 0.717) is 5.65 Å². The van der Waals surface area contributed by atoms with Crippen LogP contribution in [0.2, 0.25) is 0 Å². The standard InChI is InChI=1S/C5H4N4.C3H6O/c1-4-5(8-2-6-1)9-3-7-4;1-3(2)4/h1-3H,(H,6,7,8,9);1-2H3. The van der Waals surface area contributed by atoms with Gasteiger partial charge >= 0.3 is 0 Å². The number of fused-ring (bicyclic) bond motifs is 1. The Hall–Kier alpha value is -1.78. The Bertz CT molecular complexity index is 361. The maximum absolute atomic E-state index is 9.44. The monoisotopic (exact) mass is 178 g/mol. The van der Waals surface area contributed by atoms with E-state index in [1.807, 2.05) is 0 Å². The molecule has 5 heteroatoms. The summed E-state index contributed by atoms with van der Waals surface area (Å²) in [5, 5.41) is 0. The molecule has 1 N–H and O–H groups in total. The van der Waals surface area contributed by atoms with Crippen molar-refractivity contribution in [1.29, 1.82) is 0 Å². The zero-order valence-corrected chi connectivity index (χ0v) is 7.48. The first kappa shape index (κ1) is 9.31. The van der Waals surface area contributed by atoms with Crippen LogP contribution in [0.3, 0.4) is 0 Å². The summed E-state index contributed by atoms with van der Waals surface area (Å²) in [7, 11) is 0. The molecule has 2 rings (SSSR count). The fourth-order valence-electron chi connectivity index (χ4n) is 0.691. The number of rotatable bonds is 0. The van der Waals surface area contributed by atoms with Gasteiger partial charge in [0.1, 0.15) is 17.6 Å². The molecule has 0 unspecified atom stereocenters. The molecule has 0 bridgehead atoms. The van der Waals surface area contributed by atoms with Crippen LogP contribution in [-0.2, 0) is 4.79 Å². The van der Waals surface area contributed by atoms with Gasteiger partial charge in [0, 0.05) is 0 Å². The van der Waals surface area contributed by atoms with E-state index in [4.69, 9.17) is 0 Å². The lowest BCUT2D eigenvalue weighted by Gasteiger charge is -1.80. The van der Waals surface area contributed by atoms with E-state index < -0.39 is 0 Å². The number of hydrogen-bond acceptors (Lipinski definition) is 4. The number of carbonyl (C=O) groups is 1. The fourth-order valence-corrected chi connectivity index (χ4v) is 0.691. The zero-order valence-electron chi connectivity index (χ0n) is 7.48. The minimum absolute atomic E-state index is 0.167. The zero-order chi connectivity index (χ0) is 9.68. The minimum atomic E-state index is 0.167. The number of aromatic amines is 1. The maximum Gasteiger partial charge on any atom is 0.180 e. The van der Waals surface area contributed by atoms with Gasteiger partial charge in [-0.05, 0) is 13.8 Å². The molecule has 0 aliphatic carbocycles. The van der Waals surface area contributed by atoms with Gasteiger partial charge in [0.05, 0.1) is 12.5 Å². The number of ketones is 1. The van der Waals surface area contributed by atoms with E-state index in [-0.39, 0.29) is 5.78 Å². The molecule has 0 amide bonds. The average Bonchev–Trinajstić information content (AvgIpc) is 2.49. The van der Waals surface area contributed by atoms with Gasteiger partial charge in [-0.3, -0.25) is 0 Å². The van der Waals surface area contributed by atoms with Gasteiger partial charge in [-0.25, -0.2) is 15.0 Å². The summed E-state index contributed by atoms with van der Waals surface area (Å²) in [5.74, 6) is 0.167. The van der Waals surface area contributed by atoms with Crippen LogP contribution in [0.15, 0.2) is 18.9 Å². The van der Waals surface area contributed by atoms with Gasteiger partial charge < -0.3 is 9.78 Å². The Morgan fingerprint density at radius 2 is 2.08 bits per heavy atom. The molecular formula is C8H10N4O. The van der Waals surface area contributed by atoms with Crippen molar-refractivity contribution >= 4 is 16.9 Å². The van der Waals surface area contributed by atoms with Crippen LogP contribution >= 0.6 is 0 Å². The van der Waals surface area contributed by atoms with Crippen molar-refractivity contribution in [2.75, 3.05) is 0 Å². The Balaban J connectivity index is 0.000000184. The molecule has 68 valence electrons. The minimum Gasteiger partial charge on any atom is -0.342 e. The Morgan fingerprint density at radius 3 is 2.69 bits per heavy atom. The summed E-state index contributed by atoms with van der Waals surface area (Å²) < 4.78 is 0. The van der Waals surface area contributed by atoms with Crippen molar-refractivity contribution in [2.24, 2.45) is 0 Å². The molecule has 2 aromatic rings. The quantitative estimate of drug-likeness (QED) is 0.651. The maximum atomic E-state index is 9.44. The van der Waals surface area contributed by atoms with E-state index in [2.05, 4.69) is 19.9 Å².